The van der Waals surface area contributed by atoms with E-state index in [1.54, 1.807) is 6.33 Å². The summed E-state index contributed by atoms with van der Waals surface area (Å²) < 4.78 is 0. The molecule has 0 aromatic carbocycles. The second-order valence-electron chi connectivity index (χ2n) is 5.21. The minimum absolute atomic E-state index is 0.305. The molecule has 1 saturated heterocycles. The molecule has 1 fully saturated rings. The molecule has 1 aromatic rings. The smallest absolute Gasteiger partial charge is 0.137 e. The van der Waals surface area contributed by atoms with Gasteiger partial charge in [0.25, 0.3) is 0 Å². The average Bonchev–Trinajstić information content (AvgIpc) is 2.46. The monoisotopic (exact) mass is 264 g/mol. The molecule has 0 atom stereocenters. The highest BCUT2D eigenvalue weighted by atomic mass is 16.3. The first-order valence-corrected chi connectivity index (χ1v) is 7.17. The predicted octanol–water partition coefficient (Wildman–Crippen LogP) is 1.82. The molecular weight excluding hydrogens is 240 g/mol. The highest BCUT2D eigenvalue weighted by Gasteiger charge is 2.21. The molecule has 2 heterocycles. The number of aromatic nitrogens is 2. The molecule has 1 aliphatic rings. The number of aliphatic hydroxyl groups is 1. The number of hydrogen-bond acceptors (Lipinski definition) is 5. The van der Waals surface area contributed by atoms with E-state index >= 15 is 0 Å². The molecule has 0 saturated carbocycles. The average molecular weight is 264 g/mol. The minimum atomic E-state index is 0.305. The summed E-state index contributed by atoms with van der Waals surface area (Å²) in [5.41, 5.74) is 1.12. The molecule has 0 bridgehead atoms. The Hall–Kier alpha value is -1.36. The van der Waals surface area contributed by atoms with Crippen molar-refractivity contribution in [1.82, 2.24) is 9.97 Å². The number of nitrogens with zero attached hydrogens (tertiary/aromatic N) is 3. The maximum atomic E-state index is 9.19. The van der Waals surface area contributed by atoms with Crippen LogP contribution >= 0.6 is 0 Å². The molecule has 0 amide bonds. The predicted molar refractivity (Wildman–Crippen MR) is 77.6 cm³/mol. The molecular formula is C14H24N4O. The maximum absolute atomic E-state index is 9.19. The van der Waals surface area contributed by atoms with Gasteiger partial charge in [-0.25, -0.2) is 9.97 Å². The summed E-state index contributed by atoms with van der Waals surface area (Å²) in [6, 6.07) is 0. The molecule has 19 heavy (non-hydrogen) atoms. The highest BCUT2D eigenvalue weighted by Crippen LogP contribution is 2.26. The van der Waals surface area contributed by atoms with E-state index in [-0.39, 0.29) is 0 Å². The van der Waals surface area contributed by atoms with Crippen molar-refractivity contribution in [3.05, 3.63) is 11.9 Å². The molecule has 2 rings (SSSR count). The van der Waals surface area contributed by atoms with Crippen LogP contribution in [0.25, 0.3) is 0 Å². The summed E-state index contributed by atoms with van der Waals surface area (Å²) in [6.07, 6.45) is 4.80. The van der Waals surface area contributed by atoms with Gasteiger partial charge in [0, 0.05) is 31.8 Å². The van der Waals surface area contributed by atoms with Crippen LogP contribution in [-0.2, 0) is 0 Å². The first-order valence-electron chi connectivity index (χ1n) is 7.17. The van der Waals surface area contributed by atoms with Crippen molar-refractivity contribution < 1.29 is 5.11 Å². The Morgan fingerprint density at radius 2 is 2.11 bits per heavy atom. The van der Waals surface area contributed by atoms with Gasteiger partial charge < -0.3 is 15.3 Å². The summed E-state index contributed by atoms with van der Waals surface area (Å²) in [6.45, 7) is 7.39. The lowest BCUT2D eigenvalue weighted by molar-refractivity contribution is 0.202. The lowest BCUT2D eigenvalue weighted by atomic mass is 9.98. The van der Waals surface area contributed by atoms with Crippen LogP contribution in [0, 0.1) is 12.8 Å². The van der Waals surface area contributed by atoms with Crippen LogP contribution in [0.1, 0.15) is 31.7 Å². The van der Waals surface area contributed by atoms with Gasteiger partial charge in [-0.15, -0.1) is 0 Å². The number of hydrogen-bond donors (Lipinski definition) is 2. The third-order valence-corrected chi connectivity index (χ3v) is 3.77. The molecule has 0 spiro atoms. The van der Waals surface area contributed by atoms with Crippen LogP contribution in [0.4, 0.5) is 11.6 Å². The third kappa shape index (κ3) is 3.35. The van der Waals surface area contributed by atoms with Crippen LogP contribution in [0.15, 0.2) is 6.33 Å². The van der Waals surface area contributed by atoms with Crippen molar-refractivity contribution in [2.75, 3.05) is 36.5 Å². The van der Waals surface area contributed by atoms with Crippen molar-refractivity contribution in [3.63, 3.8) is 0 Å². The molecule has 0 unspecified atom stereocenters. The fourth-order valence-electron chi connectivity index (χ4n) is 2.51. The van der Waals surface area contributed by atoms with E-state index in [1.165, 1.54) is 0 Å². The zero-order valence-electron chi connectivity index (χ0n) is 11.9. The van der Waals surface area contributed by atoms with Crippen molar-refractivity contribution in [1.29, 1.82) is 0 Å². The van der Waals surface area contributed by atoms with Gasteiger partial charge in [-0.3, -0.25) is 0 Å². The van der Waals surface area contributed by atoms with E-state index in [2.05, 4.69) is 34.0 Å². The van der Waals surface area contributed by atoms with Crippen molar-refractivity contribution in [2.45, 2.75) is 33.1 Å². The van der Waals surface area contributed by atoms with Gasteiger partial charge in [0.1, 0.15) is 18.0 Å². The quantitative estimate of drug-likeness (QED) is 0.849. The second-order valence-corrected chi connectivity index (χ2v) is 5.21. The van der Waals surface area contributed by atoms with E-state index in [0.29, 0.717) is 12.5 Å². The van der Waals surface area contributed by atoms with Crippen molar-refractivity contribution in [3.8, 4) is 0 Å². The molecule has 106 valence electrons. The summed E-state index contributed by atoms with van der Waals surface area (Å²) in [5, 5.41) is 12.5. The molecule has 2 N–H and O–H groups in total. The minimum Gasteiger partial charge on any atom is -0.396 e. The molecule has 0 radical (unpaired) electrons. The Balaban J connectivity index is 2.08. The van der Waals surface area contributed by atoms with E-state index < -0.39 is 0 Å². The van der Waals surface area contributed by atoms with Gasteiger partial charge in [-0.05, 0) is 32.1 Å². The number of anilines is 2. The van der Waals surface area contributed by atoms with Gasteiger partial charge in [0.15, 0.2) is 0 Å². The third-order valence-electron chi connectivity index (χ3n) is 3.77. The van der Waals surface area contributed by atoms with E-state index in [1.807, 2.05) is 0 Å². The van der Waals surface area contributed by atoms with Crippen LogP contribution < -0.4 is 10.2 Å². The van der Waals surface area contributed by atoms with E-state index in [9.17, 15) is 5.11 Å². The Bertz CT molecular complexity index is 402. The molecule has 0 aliphatic carbocycles. The Morgan fingerprint density at radius 1 is 1.37 bits per heavy atom. The molecule has 1 aliphatic heterocycles. The number of aliphatic hydroxyl groups excluding tert-OH is 1. The fraction of sp³-hybridized carbons (Fsp3) is 0.714. The van der Waals surface area contributed by atoms with Crippen molar-refractivity contribution >= 4 is 11.6 Å². The first kappa shape index (κ1) is 14.1. The molecule has 5 heteroatoms. The lowest BCUT2D eigenvalue weighted by Gasteiger charge is -2.33. The SMILES string of the molecule is CCCNc1ncnc(N2CCC(CO)CC2)c1C. The zero-order chi connectivity index (χ0) is 13.7. The maximum Gasteiger partial charge on any atom is 0.137 e. The standard InChI is InChI=1S/C14H24N4O/c1-3-6-15-13-11(2)14(17-10-16-13)18-7-4-12(9-19)5-8-18/h10,12,19H,3-9H2,1-2H3,(H,15,16,17). The van der Waals surface area contributed by atoms with Crippen LogP contribution in [0.5, 0.6) is 0 Å². The summed E-state index contributed by atoms with van der Waals surface area (Å²) >= 11 is 0. The largest absolute Gasteiger partial charge is 0.396 e. The number of piperidine rings is 1. The second kappa shape index (κ2) is 6.70. The number of rotatable bonds is 5. The summed E-state index contributed by atoms with van der Waals surface area (Å²) in [7, 11) is 0. The van der Waals surface area contributed by atoms with Gasteiger partial charge in [-0.2, -0.15) is 0 Å². The summed E-state index contributed by atoms with van der Waals surface area (Å²) in [4.78, 5) is 11.1. The first-order chi connectivity index (χ1) is 9.26. The van der Waals surface area contributed by atoms with E-state index in [0.717, 1.165) is 56.1 Å². The zero-order valence-corrected chi connectivity index (χ0v) is 11.9. The lowest BCUT2D eigenvalue weighted by Crippen LogP contribution is -2.35. The Kier molecular flexibility index (Phi) is 4.96. The fourth-order valence-corrected chi connectivity index (χ4v) is 2.51. The summed E-state index contributed by atoms with van der Waals surface area (Å²) in [5.74, 6) is 2.43. The topological polar surface area (TPSA) is 61.3 Å². The normalized spacial score (nSPS) is 16.7. The molecule has 1 aromatic heterocycles. The van der Waals surface area contributed by atoms with Gasteiger partial charge in [0.2, 0.25) is 0 Å². The van der Waals surface area contributed by atoms with Crippen LogP contribution in [-0.4, -0.2) is 41.3 Å². The van der Waals surface area contributed by atoms with Crippen molar-refractivity contribution in [2.24, 2.45) is 5.92 Å². The Labute approximate surface area is 115 Å². The van der Waals surface area contributed by atoms with Crippen LogP contribution in [0.2, 0.25) is 0 Å². The molecule has 5 nitrogen and oxygen atoms in total. The van der Waals surface area contributed by atoms with Gasteiger partial charge in [0.05, 0.1) is 0 Å². The van der Waals surface area contributed by atoms with Gasteiger partial charge >= 0.3 is 0 Å². The number of nitrogens with one attached hydrogen (secondary N) is 1. The van der Waals surface area contributed by atoms with Gasteiger partial charge in [-0.1, -0.05) is 6.92 Å². The highest BCUT2D eigenvalue weighted by molar-refractivity contribution is 5.58. The van der Waals surface area contributed by atoms with Crippen LogP contribution in [0.3, 0.4) is 0 Å². The Morgan fingerprint density at radius 3 is 2.74 bits per heavy atom. The van der Waals surface area contributed by atoms with E-state index in [4.69, 9.17) is 0 Å².